The molecular weight excluding hydrogens is 360 g/mol. The maximum atomic E-state index is 11.7. The van der Waals surface area contributed by atoms with Gasteiger partial charge >= 0.3 is 0 Å². The number of hydrogen-bond acceptors (Lipinski definition) is 5. The third-order valence-electron chi connectivity index (χ3n) is 3.46. The molecule has 2 aromatic rings. The fourth-order valence-corrected chi connectivity index (χ4v) is 3.11. The molecule has 0 saturated heterocycles. The smallest absolute Gasteiger partial charge is 0.286 e. The van der Waals surface area contributed by atoms with Gasteiger partial charge < -0.3 is 15.2 Å². The normalized spacial score (nSPS) is 15.4. The molecule has 1 aliphatic heterocycles. The Labute approximate surface area is 154 Å². The van der Waals surface area contributed by atoms with Gasteiger partial charge in [0.05, 0.1) is 12.0 Å². The van der Waals surface area contributed by atoms with Crippen LogP contribution in [0.3, 0.4) is 0 Å². The highest BCUT2D eigenvalue weighted by Gasteiger charge is 2.19. The summed E-state index contributed by atoms with van der Waals surface area (Å²) in [4.78, 5) is 15.8. The third kappa shape index (κ3) is 4.15. The lowest BCUT2D eigenvalue weighted by atomic mass is 10.2. The Hall–Kier alpha value is -2.44. The van der Waals surface area contributed by atoms with Crippen molar-refractivity contribution in [1.29, 1.82) is 0 Å². The van der Waals surface area contributed by atoms with Gasteiger partial charge in [-0.05, 0) is 41.6 Å². The van der Waals surface area contributed by atoms with Gasteiger partial charge in [-0.2, -0.15) is 4.99 Å². The average Bonchev–Trinajstić information content (AvgIpc) is 2.92. The second-order valence-electron chi connectivity index (χ2n) is 5.16. The first-order chi connectivity index (χ1) is 12.1. The first-order valence-corrected chi connectivity index (χ1v) is 8.58. The number of thioether (sulfide) groups is 1. The van der Waals surface area contributed by atoms with Gasteiger partial charge in [-0.3, -0.25) is 4.79 Å². The van der Waals surface area contributed by atoms with Crippen LogP contribution in [-0.2, 0) is 11.4 Å². The Morgan fingerprint density at radius 2 is 2.04 bits per heavy atom. The van der Waals surface area contributed by atoms with E-state index in [4.69, 9.17) is 26.8 Å². The van der Waals surface area contributed by atoms with Crippen LogP contribution in [0.2, 0.25) is 5.02 Å². The average molecular weight is 375 g/mol. The molecule has 2 N–H and O–H groups in total. The van der Waals surface area contributed by atoms with Crippen LogP contribution in [-0.4, -0.2) is 18.2 Å². The van der Waals surface area contributed by atoms with Crippen molar-refractivity contribution in [2.45, 2.75) is 6.61 Å². The van der Waals surface area contributed by atoms with Crippen LogP contribution < -0.4 is 15.2 Å². The van der Waals surface area contributed by atoms with Crippen molar-refractivity contribution in [2.75, 3.05) is 7.11 Å². The lowest BCUT2D eigenvalue weighted by Crippen LogP contribution is -2.01. The van der Waals surface area contributed by atoms with E-state index in [1.165, 1.54) is 0 Å². The molecular formula is C18H15ClN2O3S. The maximum Gasteiger partial charge on any atom is 0.286 e. The highest BCUT2D eigenvalue weighted by Crippen LogP contribution is 2.32. The van der Waals surface area contributed by atoms with Gasteiger partial charge in [0.2, 0.25) is 0 Å². The first-order valence-electron chi connectivity index (χ1n) is 7.39. The van der Waals surface area contributed by atoms with Crippen LogP contribution in [0.5, 0.6) is 11.5 Å². The van der Waals surface area contributed by atoms with Crippen LogP contribution in [0.25, 0.3) is 6.08 Å². The number of benzene rings is 2. The zero-order chi connectivity index (χ0) is 17.8. The molecule has 0 bridgehead atoms. The molecule has 128 valence electrons. The van der Waals surface area contributed by atoms with Gasteiger partial charge in [-0.25, -0.2) is 0 Å². The molecule has 0 fully saturated rings. The number of amidine groups is 1. The Bertz CT molecular complexity index is 880. The summed E-state index contributed by atoms with van der Waals surface area (Å²) >= 11 is 7.28. The van der Waals surface area contributed by atoms with Crippen molar-refractivity contribution in [3.8, 4) is 11.5 Å². The van der Waals surface area contributed by atoms with Crippen molar-refractivity contribution in [3.63, 3.8) is 0 Å². The number of methoxy groups -OCH3 is 1. The predicted molar refractivity (Wildman–Crippen MR) is 101 cm³/mol. The van der Waals surface area contributed by atoms with E-state index in [-0.39, 0.29) is 11.1 Å². The van der Waals surface area contributed by atoms with E-state index >= 15 is 0 Å². The molecule has 5 nitrogen and oxygen atoms in total. The summed E-state index contributed by atoms with van der Waals surface area (Å²) < 4.78 is 11.2. The van der Waals surface area contributed by atoms with E-state index in [0.717, 1.165) is 22.9 Å². The summed E-state index contributed by atoms with van der Waals surface area (Å²) in [5.74, 6) is 0.817. The molecule has 3 rings (SSSR count). The molecule has 0 spiro atoms. The van der Waals surface area contributed by atoms with Gasteiger partial charge in [0, 0.05) is 10.6 Å². The van der Waals surface area contributed by atoms with Crippen molar-refractivity contribution in [2.24, 2.45) is 10.7 Å². The van der Waals surface area contributed by atoms with Crippen LogP contribution in [0.1, 0.15) is 11.1 Å². The van der Waals surface area contributed by atoms with E-state index in [9.17, 15) is 4.79 Å². The number of rotatable bonds is 5. The minimum Gasteiger partial charge on any atom is -0.493 e. The van der Waals surface area contributed by atoms with E-state index in [1.54, 1.807) is 25.3 Å². The fraction of sp³-hybridized carbons (Fsp3) is 0.111. The lowest BCUT2D eigenvalue weighted by Gasteiger charge is -2.12. The number of carbonyl (C=O) groups is 1. The Morgan fingerprint density at radius 3 is 2.72 bits per heavy atom. The monoisotopic (exact) mass is 374 g/mol. The summed E-state index contributed by atoms with van der Waals surface area (Å²) in [6.07, 6.45) is 1.72. The first kappa shape index (κ1) is 17.4. The van der Waals surface area contributed by atoms with Crippen molar-refractivity contribution in [3.05, 3.63) is 63.5 Å². The SMILES string of the molecule is COc1cc(C=C2SC(N)=NC2=O)ccc1OCc1ccccc1Cl. The fourth-order valence-electron chi connectivity index (χ4n) is 2.24. The Balaban J connectivity index is 1.77. The van der Waals surface area contributed by atoms with Crippen molar-refractivity contribution < 1.29 is 14.3 Å². The molecule has 0 aromatic heterocycles. The van der Waals surface area contributed by atoms with Crippen LogP contribution >= 0.6 is 23.4 Å². The van der Waals surface area contributed by atoms with Crippen LogP contribution in [0.4, 0.5) is 0 Å². The highest BCUT2D eigenvalue weighted by atomic mass is 35.5. The highest BCUT2D eigenvalue weighted by molar-refractivity contribution is 8.18. The van der Waals surface area contributed by atoms with E-state index in [1.807, 2.05) is 30.3 Å². The molecule has 0 atom stereocenters. The topological polar surface area (TPSA) is 73.9 Å². The number of nitrogens with zero attached hydrogens (tertiary/aromatic N) is 1. The third-order valence-corrected chi connectivity index (χ3v) is 4.65. The molecule has 25 heavy (non-hydrogen) atoms. The number of halogens is 1. The molecule has 1 heterocycles. The minimum atomic E-state index is -0.333. The number of carbonyl (C=O) groups excluding carboxylic acids is 1. The Morgan fingerprint density at radius 1 is 1.24 bits per heavy atom. The largest absolute Gasteiger partial charge is 0.493 e. The Kier molecular flexibility index (Phi) is 5.31. The van der Waals surface area contributed by atoms with E-state index in [0.29, 0.717) is 28.0 Å². The molecule has 1 aliphatic rings. The van der Waals surface area contributed by atoms with E-state index in [2.05, 4.69) is 4.99 Å². The van der Waals surface area contributed by atoms with Gasteiger partial charge in [0.15, 0.2) is 16.7 Å². The van der Waals surface area contributed by atoms with Crippen molar-refractivity contribution in [1.82, 2.24) is 0 Å². The standard InChI is InChI=1S/C18H15ClN2O3S/c1-23-15-8-11(9-16-17(22)21-18(20)25-16)6-7-14(15)24-10-12-4-2-3-5-13(12)19/h2-9H,10H2,1H3,(H2,20,21,22). The zero-order valence-electron chi connectivity index (χ0n) is 13.4. The van der Waals surface area contributed by atoms with Crippen LogP contribution in [0, 0.1) is 0 Å². The summed E-state index contributed by atoms with van der Waals surface area (Å²) in [5, 5.41) is 0.903. The molecule has 0 radical (unpaired) electrons. The lowest BCUT2D eigenvalue weighted by molar-refractivity contribution is -0.113. The summed E-state index contributed by atoms with van der Waals surface area (Å²) in [7, 11) is 1.56. The summed E-state index contributed by atoms with van der Waals surface area (Å²) in [6.45, 7) is 0.329. The molecule has 0 aliphatic carbocycles. The second-order valence-corrected chi connectivity index (χ2v) is 6.63. The summed E-state index contributed by atoms with van der Waals surface area (Å²) in [5.41, 5.74) is 7.23. The van der Waals surface area contributed by atoms with Gasteiger partial charge in [0.25, 0.3) is 5.91 Å². The zero-order valence-corrected chi connectivity index (χ0v) is 14.9. The van der Waals surface area contributed by atoms with Gasteiger partial charge in [-0.1, -0.05) is 35.9 Å². The molecule has 0 unspecified atom stereocenters. The summed E-state index contributed by atoms with van der Waals surface area (Å²) in [6, 6.07) is 12.9. The number of ether oxygens (including phenoxy) is 2. The molecule has 1 amide bonds. The van der Waals surface area contributed by atoms with Crippen molar-refractivity contribution >= 4 is 40.5 Å². The predicted octanol–water partition coefficient (Wildman–Crippen LogP) is 3.86. The molecule has 2 aromatic carbocycles. The van der Waals surface area contributed by atoms with Gasteiger partial charge in [0.1, 0.15) is 6.61 Å². The van der Waals surface area contributed by atoms with Gasteiger partial charge in [-0.15, -0.1) is 0 Å². The number of amides is 1. The number of aliphatic imine (C=N–C) groups is 1. The van der Waals surface area contributed by atoms with Crippen LogP contribution in [0.15, 0.2) is 52.4 Å². The molecule has 7 heteroatoms. The van der Waals surface area contributed by atoms with E-state index < -0.39 is 0 Å². The quantitative estimate of drug-likeness (QED) is 0.804. The minimum absolute atomic E-state index is 0.253. The maximum absolute atomic E-state index is 11.7. The number of nitrogens with two attached hydrogens (primary N) is 1. The molecule has 0 saturated carbocycles. The second kappa shape index (κ2) is 7.63. The number of hydrogen-bond donors (Lipinski definition) is 1.